The highest BCUT2D eigenvalue weighted by Crippen LogP contribution is 2.09. The average Bonchev–Trinajstić information content (AvgIpc) is 2.39. The molecule has 0 aliphatic heterocycles. The maximum atomic E-state index is 10.5. The summed E-state index contributed by atoms with van der Waals surface area (Å²) >= 11 is 0. The maximum absolute atomic E-state index is 10.5. The summed E-state index contributed by atoms with van der Waals surface area (Å²) in [6, 6.07) is 3.99. The molecule has 0 radical (unpaired) electrons. The Labute approximate surface area is 119 Å². The predicted octanol–water partition coefficient (Wildman–Crippen LogP) is 3.92. The number of aryl methyl sites for hydroxylation is 1. The first-order chi connectivity index (χ1) is 9.42. The lowest BCUT2D eigenvalue weighted by molar-refractivity contribution is 0.0696. The Balaban J connectivity index is 0.000000441. The van der Waals surface area contributed by atoms with Crippen molar-refractivity contribution in [3.05, 3.63) is 59.2 Å². The van der Waals surface area contributed by atoms with Crippen LogP contribution < -0.4 is 0 Å². The Morgan fingerprint density at radius 2 is 1.55 bits per heavy atom. The first-order valence-electron chi connectivity index (χ1n) is 6.28. The average molecular weight is 276 g/mol. The zero-order chi connectivity index (χ0) is 15.5. The fourth-order valence-corrected chi connectivity index (χ4v) is 1.36. The number of carbonyl (C=O) groups is 2. The van der Waals surface area contributed by atoms with Crippen LogP contribution in [0.3, 0.4) is 0 Å². The fraction of sp³-hybridized carbons (Fsp3) is 0.250. The third kappa shape index (κ3) is 7.16. The molecular weight excluding hydrogens is 256 g/mol. The molecule has 0 saturated carbocycles. The van der Waals surface area contributed by atoms with Gasteiger partial charge in [0, 0.05) is 0 Å². The zero-order valence-electron chi connectivity index (χ0n) is 12.0. The first-order valence-corrected chi connectivity index (χ1v) is 6.28. The van der Waals surface area contributed by atoms with E-state index in [-0.39, 0.29) is 11.1 Å². The maximum Gasteiger partial charge on any atom is 0.335 e. The van der Waals surface area contributed by atoms with E-state index in [0.717, 1.165) is 12.5 Å². The fourth-order valence-electron chi connectivity index (χ4n) is 1.36. The topological polar surface area (TPSA) is 74.6 Å². The zero-order valence-corrected chi connectivity index (χ0v) is 12.0. The van der Waals surface area contributed by atoms with Crippen LogP contribution in [0.5, 0.6) is 0 Å². The molecular formula is C16H20O4. The molecule has 0 heterocycles. The van der Waals surface area contributed by atoms with Gasteiger partial charge in [0.1, 0.15) is 0 Å². The van der Waals surface area contributed by atoms with Crippen LogP contribution in [0.1, 0.15) is 46.5 Å². The number of carboxylic acid groups (broad SMARTS) is 2. The Kier molecular flexibility index (Phi) is 8.43. The Morgan fingerprint density at radius 1 is 1.05 bits per heavy atom. The van der Waals surface area contributed by atoms with Gasteiger partial charge in [0.15, 0.2) is 0 Å². The van der Waals surface area contributed by atoms with Gasteiger partial charge in [-0.15, -0.1) is 0 Å². The highest BCUT2D eigenvalue weighted by Gasteiger charge is 2.09. The highest BCUT2D eigenvalue weighted by atomic mass is 16.4. The summed E-state index contributed by atoms with van der Waals surface area (Å²) in [6.45, 7) is 5.79. The van der Waals surface area contributed by atoms with Gasteiger partial charge in [0.25, 0.3) is 0 Å². The van der Waals surface area contributed by atoms with Crippen molar-refractivity contribution in [1.82, 2.24) is 0 Å². The number of carboxylic acids is 2. The lowest BCUT2D eigenvalue weighted by atomic mass is 10.1. The summed E-state index contributed by atoms with van der Waals surface area (Å²) < 4.78 is 0. The van der Waals surface area contributed by atoms with Crippen molar-refractivity contribution in [3.63, 3.8) is 0 Å². The van der Waals surface area contributed by atoms with Crippen molar-refractivity contribution in [3.8, 4) is 0 Å². The number of hydrogen-bond donors (Lipinski definition) is 2. The molecule has 0 aliphatic rings. The quantitative estimate of drug-likeness (QED) is 0.817. The van der Waals surface area contributed by atoms with Gasteiger partial charge in [-0.05, 0) is 44.0 Å². The standard InChI is InChI=1S/C9H8O4.C7H12/c1-5-2-6(8(10)11)4-7(3-5)9(12)13;1-3-5-7-6-4-2/h2-4H,1H3,(H,10,11)(H,12,13);3,5-7H,4H2,1-2H3. The van der Waals surface area contributed by atoms with Crippen molar-refractivity contribution in [2.45, 2.75) is 27.2 Å². The summed E-state index contributed by atoms with van der Waals surface area (Å²) in [7, 11) is 0. The van der Waals surface area contributed by atoms with Crippen molar-refractivity contribution in [2.75, 3.05) is 0 Å². The Hall–Kier alpha value is -2.36. The third-order valence-corrected chi connectivity index (χ3v) is 2.25. The van der Waals surface area contributed by atoms with Crippen molar-refractivity contribution in [2.24, 2.45) is 0 Å². The lowest BCUT2D eigenvalue weighted by Crippen LogP contribution is -2.02. The second-order valence-corrected chi connectivity index (χ2v) is 4.06. The molecule has 1 rings (SSSR count). The minimum atomic E-state index is -1.12. The first kappa shape index (κ1) is 17.6. The van der Waals surface area contributed by atoms with Crippen molar-refractivity contribution < 1.29 is 19.8 Å². The Morgan fingerprint density at radius 3 is 1.90 bits per heavy atom. The number of aromatic carboxylic acids is 2. The number of allylic oxidation sites excluding steroid dienone is 4. The van der Waals surface area contributed by atoms with E-state index in [1.807, 2.05) is 19.1 Å². The van der Waals surface area contributed by atoms with Crippen LogP contribution in [0, 0.1) is 6.92 Å². The summed E-state index contributed by atoms with van der Waals surface area (Å²) in [5.41, 5.74) is 0.618. The molecule has 0 aromatic heterocycles. The van der Waals surface area contributed by atoms with E-state index in [0.29, 0.717) is 5.56 Å². The van der Waals surface area contributed by atoms with E-state index in [4.69, 9.17) is 10.2 Å². The molecule has 108 valence electrons. The van der Waals surface area contributed by atoms with Gasteiger partial charge >= 0.3 is 11.9 Å². The Bertz CT molecular complexity index is 481. The van der Waals surface area contributed by atoms with Crippen molar-refractivity contribution in [1.29, 1.82) is 0 Å². The molecule has 0 bridgehead atoms. The summed E-state index contributed by atoms with van der Waals surface area (Å²) in [5, 5.41) is 17.2. The van der Waals surface area contributed by atoms with Crippen LogP contribution in [0.15, 0.2) is 42.5 Å². The van der Waals surface area contributed by atoms with E-state index in [1.54, 1.807) is 6.92 Å². The van der Waals surface area contributed by atoms with E-state index in [1.165, 1.54) is 12.1 Å². The van der Waals surface area contributed by atoms with Crippen LogP contribution >= 0.6 is 0 Å². The summed E-state index contributed by atoms with van der Waals surface area (Å²) in [6.07, 6.45) is 9.36. The second-order valence-electron chi connectivity index (χ2n) is 4.06. The van der Waals surface area contributed by atoms with Gasteiger partial charge in [-0.3, -0.25) is 0 Å². The predicted molar refractivity (Wildman–Crippen MR) is 79.3 cm³/mol. The lowest BCUT2D eigenvalue weighted by Gasteiger charge is -1.99. The van der Waals surface area contributed by atoms with Gasteiger partial charge in [0.2, 0.25) is 0 Å². The normalized spacial score (nSPS) is 10.3. The van der Waals surface area contributed by atoms with Crippen LogP contribution in [-0.2, 0) is 0 Å². The van der Waals surface area contributed by atoms with Crippen LogP contribution in [0.2, 0.25) is 0 Å². The number of rotatable bonds is 4. The molecule has 20 heavy (non-hydrogen) atoms. The summed E-state index contributed by atoms with van der Waals surface area (Å²) in [5.74, 6) is -2.24. The van der Waals surface area contributed by atoms with Crippen LogP contribution in [0.25, 0.3) is 0 Å². The van der Waals surface area contributed by atoms with E-state index >= 15 is 0 Å². The van der Waals surface area contributed by atoms with E-state index in [9.17, 15) is 9.59 Å². The molecule has 1 aromatic carbocycles. The molecule has 4 nitrogen and oxygen atoms in total. The number of benzene rings is 1. The third-order valence-electron chi connectivity index (χ3n) is 2.25. The molecule has 0 amide bonds. The second kappa shape index (κ2) is 9.55. The minimum Gasteiger partial charge on any atom is -0.478 e. The highest BCUT2D eigenvalue weighted by molar-refractivity contribution is 5.94. The monoisotopic (exact) mass is 276 g/mol. The van der Waals surface area contributed by atoms with Crippen molar-refractivity contribution >= 4 is 11.9 Å². The molecule has 0 aliphatic carbocycles. The molecule has 0 spiro atoms. The molecule has 0 saturated heterocycles. The van der Waals surface area contributed by atoms with Gasteiger partial charge in [-0.1, -0.05) is 31.2 Å². The van der Waals surface area contributed by atoms with Crippen LogP contribution in [0.4, 0.5) is 0 Å². The van der Waals surface area contributed by atoms with E-state index in [2.05, 4.69) is 19.1 Å². The van der Waals surface area contributed by atoms with Gasteiger partial charge in [0.05, 0.1) is 11.1 Å². The summed E-state index contributed by atoms with van der Waals surface area (Å²) in [4.78, 5) is 21.1. The molecule has 0 atom stereocenters. The minimum absolute atomic E-state index is 0.00241. The largest absolute Gasteiger partial charge is 0.478 e. The van der Waals surface area contributed by atoms with Gasteiger partial charge in [-0.2, -0.15) is 0 Å². The van der Waals surface area contributed by atoms with Crippen LogP contribution in [-0.4, -0.2) is 22.2 Å². The molecule has 2 N–H and O–H groups in total. The smallest absolute Gasteiger partial charge is 0.335 e. The van der Waals surface area contributed by atoms with E-state index < -0.39 is 11.9 Å². The SMILES string of the molecule is CC=CC=CCC.Cc1cc(C(=O)O)cc(C(=O)O)c1. The number of hydrogen-bond acceptors (Lipinski definition) is 2. The molecule has 1 aromatic rings. The molecule has 4 heteroatoms. The molecule has 0 fully saturated rings. The van der Waals surface area contributed by atoms with Gasteiger partial charge < -0.3 is 10.2 Å². The molecule has 0 unspecified atom stereocenters. The van der Waals surface area contributed by atoms with Gasteiger partial charge in [-0.25, -0.2) is 9.59 Å².